The summed E-state index contributed by atoms with van der Waals surface area (Å²) >= 11 is 0. The Morgan fingerprint density at radius 1 is 1.33 bits per heavy atom. The maximum atomic E-state index is 11.7. The van der Waals surface area contributed by atoms with E-state index >= 15 is 0 Å². The third kappa shape index (κ3) is 8.44. The van der Waals surface area contributed by atoms with Crippen molar-refractivity contribution in [3.8, 4) is 0 Å². The minimum atomic E-state index is 0.127. The molecular weight excluding hydrogens is 230 g/mol. The van der Waals surface area contributed by atoms with E-state index in [0.717, 1.165) is 25.7 Å². The molecule has 5 heteroatoms. The molecular formula is C13H29N3O2. The molecule has 18 heavy (non-hydrogen) atoms. The first-order chi connectivity index (χ1) is 8.65. The van der Waals surface area contributed by atoms with Gasteiger partial charge in [0.2, 0.25) is 5.91 Å². The molecule has 108 valence electrons. The Morgan fingerprint density at radius 3 is 2.61 bits per heavy atom. The fourth-order valence-corrected chi connectivity index (χ4v) is 1.86. The van der Waals surface area contributed by atoms with Crippen LogP contribution in [-0.4, -0.2) is 32.1 Å². The van der Waals surface area contributed by atoms with E-state index in [1.807, 2.05) is 6.92 Å². The molecule has 2 atom stereocenters. The third-order valence-electron chi connectivity index (χ3n) is 3.17. The Balaban J connectivity index is 3.81. The monoisotopic (exact) mass is 259 g/mol. The number of nitrogens with one attached hydrogen (secondary N) is 2. The van der Waals surface area contributed by atoms with Crippen molar-refractivity contribution in [1.29, 1.82) is 0 Å². The van der Waals surface area contributed by atoms with Gasteiger partial charge in [-0.3, -0.25) is 4.79 Å². The molecule has 0 saturated heterocycles. The van der Waals surface area contributed by atoms with Crippen molar-refractivity contribution in [2.45, 2.75) is 52.0 Å². The molecule has 0 aliphatic heterocycles. The van der Waals surface area contributed by atoms with E-state index in [1.54, 1.807) is 7.05 Å². The van der Waals surface area contributed by atoms with Crippen LogP contribution in [0.25, 0.3) is 0 Å². The van der Waals surface area contributed by atoms with E-state index in [0.29, 0.717) is 25.5 Å². The molecule has 0 aliphatic carbocycles. The molecule has 1 amide bonds. The van der Waals surface area contributed by atoms with Crippen LogP contribution in [0.1, 0.15) is 46.0 Å². The summed E-state index contributed by atoms with van der Waals surface area (Å²) in [6, 6.07) is 0.144. The van der Waals surface area contributed by atoms with Gasteiger partial charge in [0.15, 0.2) is 0 Å². The van der Waals surface area contributed by atoms with Gasteiger partial charge in [0.25, 0.3) is 0 Å². The van der Waals surface area contributed by atoms with Crippen molar-refractivity contribution in [3.05, 3.63) is 0 Å². The first-order valence-corrected chi connectivity index (χ1v) is 6.93. The topological polar surface area (TPSA) is 76.4 Å². The van der Waals surface area contributed by atoms with E-state index in [-0.39, 0.29) is 11.9 Å². The van der Waals surface area contributed by atoms with Crippen LogP contribution in [-0.2, 0) is 9.63 Å². The zero-order chi connectivity index (χ0) is 13.8. The predicted molar refractivity (Wildman–Crippen MR) is 73.9 cm³/mol. The zero-order valence-electron chi connectivity index (χ0n) is 12.0. The van der Waals surface area contributed by atoms with E-state index in [1.165, 1.54) is 0 Å². The number of carbonyl (C=O) groups excluding carboxylic acids is 1. The Bertz CT molecular complexity index is 212. The second-order valence-electron chi connectivity index (χ2n) is 4.64. The van der Waals surface area contributed by atoms with Gasteiger partial charge in [-0.2, -0.15) is 0 Å². The Hall–Kier alpha value is -0.650. The average molecular weight is 259 g/mol. The summed E-state index contributed by atoms with van der Waals surface area (Å²) in [6.07, 6.45) is 4.51. The highest BCUT2D eigenvalue weighted by Gasteiger charge is 2.17. The van der Waals surface area contributed by atoms with E-state index in [4.69, 9.17) is 10.6 Å². The van der Waals surface area contributed by atoms with Crippen molar-refractivity contribution in [1.82, 2.24) is 10.8 Å². The van der Waals surface area contributed by atoms with Crippen molar-refractivity contribution in [2.24, 2.45) is 11.7 Å². The van der Waals surface area contributed by atoms with Crippen LogP contribution in [0.5, 0.6) is 0 Å². The van der Waals surface area contributed by atoms with Gasteiger partial charge in [-0.25, -0.2) is 5.48 Å². The number of hydrogen-bond donors (Lipinski definition) is 3. The van der Waals surface area contributed by atoms with Crippen molar-refractivity contribution in [3.63, 3.8) is 0 Å². The summed E-state index contributed by atoms with van der Waals surface area (Å²) in [5.41, 5.74) is 8.07. The fraction of sp³-hybridized carbons (Fsp3) is 0.923. The van der Waals surface area contributed by atoms with Crippen LogP contribution in [0.4, 0.5) is 0 Å². The van der Waals surface area contributed by atoms with Gasteiger partial charge in [-0.1, -0.05) is 13.3 Å². The largest absolute Gasteiger partial charge is 0.353 e. The highest BCUT2D eigenvalue weighted by molar-refractivity contribution is 5.76. The molecule has 0 bridgehead atoms. The molecule has 0 heterocycles. The first kappa shape index (κ1) is 17.4. The number of nitrogens with two attached hydrogens (primary N) is 1. The SMILES string of the molecule is CC[C@H](CONC)C(C)NC(=O)CCCCCN. The summed E-state index contributed by atoms with van der Waals surface area (Å²) in [6.45, 7) is 5.46. The summed E-state index contributed by atoms with van der Waals surface area (Å²) in [7, 11) is 1.74. The predicted octanol–water partition coefficient (Wildman–Crippen LogP) is 1.19. The maximum Gasteiger partial charge on any atom is 0.220 e. The number of amides is 1. The minimum absolute atomic E-state index is 0.127. The molecule has 0 spiro atoms. The lowest BCUT2D eigenvalue weighted by Gasteiger charge is -2.23. The summed E-state index contributed by atoms with van der Waals surface area (Å²) < 4.78 is 0. The molecule has 1 unspecified atom stereocenters. The second kappa shape index (κ2) is 11.4. The second-order valence-corrected chi connectivity index (χ2v) is 4.64. The third-order valence-corrected chi connectivity index (χ3v) is 3.17. The lowest BCUT2D eigenvalue weighted by molar-refractivity contribution is -0.122. The van der Waals surface area contributed by atoms with Crippen LogP contribution >= 0.6 is 0 Å². The smallest absolute Gasteiger partial charge is 0.220 e. The number of hydrogen-bond acceptors (Lipinski definition) is 4. The molecule has 0 aromatic heterocycles. The summed E-state index contributed by atoms with van der Waals surface area (Å²) in [5.74, 6) is 0.466. The molecule has 0 aromatic carbocycles. The Labute approximate surface area is 111 Å². The van der Waals surface area contributed by atoms with E-state index in [9.17, 15) is 4.79 Å². The molecule has 0 aliphatic rings. The van der Waals surface area contributed by atoms with Crippen molar-refractivity contribution in [2.75, 3.05) is 20.2 Å². The summed E-state index contributed by atoms with van der Waals surface area (Å²) in [4.78, 5) is 16.9. The van der Waals surface area contributed by atoms with Gasteiger partial charge in [-0.15, -0.1) is 0 Å². The number of unbranched alkanes of at least 4 members (excludes halogenated alkanes) is 2. The van der Waals surface area contributed by atoms with Gasteiger partial charge < -0.3 is 15.9 Å². The number of hydroxylamine groups is 1. The highest BCUT2D eigenvalue weighted by Crippen LogP contribution is 2.09. The first-order valence-electron chi connectivity index (χ1n) is 6.93. The van der Waals surface area contributed by atoms with Crippen LogP contribution in [0, 0.1) is 5.92 Å². The average Bonchev–Trinajstić information content (AvgIpc) is 2.35. The lowest BCUT2D eigenvalue weighted by Crippen LogP contribution is -2.40. The van der Waals surface area contributed by atoms with Gasteiger partial charge in [0.1, 0.15) is 0 Å². The lowest BCUT2D eigenvalue weighted by atomic mass is 9.99. The minimum Gasteiger partial charge on any atom is -0.353 e. The molecule has 0 aromatic rings. The molecule has 4 N–H and O–H groups in total. The fourth-order valence-electron chi connectivity index (χ4n) is 1.86. The molecule has 0 saturated carbocycles. The molecule has 0 radical (unpaired) electrons. The van der Waals surface area contributed by atoms with Crippen molar-refractivity contribution < 1.29 is 9.63 Å². The molecule has 0 rings (SSSR count). The van der Waals surface area contributed by atoms with E-state index in [2.05, 4.69) is 17.7 Å². The molecule has 0 fully saturated rings. The maximum absolute atomic E-state index is 11.7. The summed E-state index contributed by atoms with van der Waals surface area (Å²) in [5, 5.41) is 3.04. The van der Waals surface area contributed by atoms with E-state index < -0.39 is 0 Å². The molecule has 5 nitrogen and oxygen atoms in total. The zero-order valence-corrected chi connectivity index (χ0v) is 12.0. The van der Waals surface area contributed by atoms with Gasteiger partial charge in [0, 0.05) is 25.4 Å². The quantitative estimate of drug-likeness (QED) is 0.385. The van der Waals surface area contributed by atoms with Crippen LogP contribution in [0.15, 0.2) is 0 Å². The van der Waals surface area contributed by atoms with Crippen LogP contribution in [0.2, 0.25) is 0 Å². The van der Waals surface area contributed by atoms with Gasteiger partial charge in [0.05, 0.1) is 6.61 Å². The van der Waals surface area contributed by atoms with Crippen molar-refractivity contribution >= 4 is 5.91 Å². The Morgan fingerprint density at radius 2 is 2.06 bits per heavy atom. The highest BCUT2D eigenvalue weighted by atomic mass is 16.6. The Kier molecular flexibility index (Phi) is 11.0. The normalized spacial score (nSPS) is 14.2. The van der Waals surface area contributed by atoms with Gasteiger partial charge in [-0.05, 0) is 32.7 Å². The standard InChI is InChI=1S/C13H29N3O2/c1-4-12(10-18-15-3)11(2)16-13(17)8-6-5-7-9-14/h11-12,15H,4-10,14H2,1-3H3,(H,16,17)/t11?,12-/m1/s1. The van der Waals surface area contributed by atoms with Gasteiger partial charge >= 0.3 is 0 Å². The van der Waals surface area contributed by atoms with Crippen LogP contribution < -0.4 is 16.5 Å². The van der Waals surface area contributed by atoms with Crippen LogP contribution in [0.3, 0.4) is 0 Å². The number of rotatable bonds is 11. The number of carbonyl (C=O) groups is 1.